The maximum atomic E-state index is 13.8. The minimum atomic E-state index is -0.705. The number of aromatic nitrogens is 4. The van der Waals surface area contributed by atoms with Crippen molar-refractivity contribution in [1.82, 2.24) is 20.2 Å². The standard InChI is InChI=1S/C14H11F2N5/c15-11-2-1-3-12(16)13(11)14-18-19-20-21(14)8-9-4-6-10(17)7-5-9/h1-7H,8,17H2. The minimum absolute atomic E-state index is 0.0439. The molecule has 2 N–H and O–H groups in total. The molecule has 3 rings (SSSR count). The highest BCUT2D eigenvalue weighted by Gasteiger charge is 2.18. The lowest BCUT2D eigenvalue weighted by Gasteiger charge is -2.07. The van der Waals surface area contributed by atoms with E-state index in [9.17, 15) is 8.78 Å². The molecule has 21 heavy (non-hydrogen) atoms. The van der Waals surface area contributed by atoms with Crippen LogP contribution in [0.25, 0.3) is 11.4 Å². The highest BCUT2D eigenvalue weighted by atomic mass is 19.1. The third-order valence-corrected chi connectivity index (χ3v) is 3.03. The monoisotopic (exact) mass is 287 g/mol. The molecule has 0 aliphatic rings. The lowest BCUT2D eigenvalue weighted by Crippen LogP contribution is -2.06. The molecule has 1 heterocycles. The highest BCUT2D eigenvalue weighted by molar-refractivity contribution is 5.56. The number of hydrogen-bond acceptors (Lipinski definition) is 4. The van der Waals surface area contributed by atoms with Crippen molar-refractivity contribution in [1.29, 1.82) is 0 Å². The van der Waals surface area contributed by atoms with Crippen molar-refractivity contribution in [3.63, 3.8) is 0 Å². The first-order valence-electron chi connectivity index (χ1n) is 6.20. The van der Waals surface area contributed by atoms with Crippen LogP contribution in [0.3, 0.4) is 0 Å². The van der Waals surface area contributed by atoms with E-state index in [4.69, 9.17) is 5.73 Å². The number of hydrogen-bond donors (Lipinski definition) is 1. The van der Waals surface area contributed by atoms with Crippen LogP contribution in [0.15, 0.2) is 42.5 Å². The number of benzene rings is 2. The second kappa shape index (κ2) is 5.28. The zero-order chi connectivity index (χ0) is 14.8. The predicted octanol–water partition coefficient (Wildman–Crippen LogP) is 2.25. The van der Waals surface area contributed by atoms with Crippen molar-refractivity contribution in [2.45, 2.75) is 6.54 Å². The summed E-state index contributed by atoms with van der Waals surface area (Å²) in [5, 5.41) is 11.0. The van der Waals surface area contributed by atoms with Gasteiger partial charge in [0.2, 0.25) is 0 Å². The molecule has 0 aliphatic heterocycles. The molecule has 0 saturated heterocycles. The summed E-state index contributed by atoms with van der Waals surface area (Å²) in [7, 11) is 0. The van der Waals surface area contributed by atoms with Gasteiger partial charge in [-0.3, -0.25) is 0 Å². The summed E-state index contributed by atoms with van der Waals surface area (Å²) >= 11 is 0. The molecule has 0 atom stereocenters. The first-order valence-corrected chi connectivity index (χ1v) is 6.20. The van der Waals surface area contributed by atoms with E-state index in [1.54, 1.807) is 24.3 Å². The van der Waals surface area contributed by atoms with Gasteiger partial charge in [-0.05, 0) is 40.3 Å². The van der Waals surface area contributed by atoms with Crippen LogP contribution >= 0.6 is 0 Å². The summed E-state index contributed by atoms with van der Waals surface area (Å²) in [5.41, 5.74) is 6.88. The van der Waals surface area contributed by atoms with Gasteiger partial charge in [-0.2, -0.15) is 0 Å². The number of anilines is 1. The van der Waals surface area contributed by atoms with Crippen molar-refractivity contribution in [2.24, 2.45) is 0 Å². The zero-order valence-corrected chi connectivity index (χ0v) is 10.9. The topological polar surface area (TPSA) is 69.6 Å². The Morgan fingerprint density at radius 3 is 2.33 bits per heavy atom. The number of nitrogen functional groups attached to an aromatic ring is 1. The zero-order valence-electron chi connectivity index (χ0n) is 10.9. The first-order chi connectivity index (χ1) is 10.1. The summed E-state index contributed by atoms with van der Waals surface area (Å²) < 4.78 is 29.0. The summed E-state index contributed by atoms with van der Waals surface area (Å²) in [6.07, 6.45) is 0. The van der Waals surface area contributed by atoms with Crippen molar-refractivity contribution in [3.05, 3.63) is 59.7 Å². The fraction of sp³-hybridized carbons (Fsp3) is 0.0714. The van der Waals surface area contributed by atoms with E-state index in [-0.39, 0.29) is 17.9 Å². The van der Waals surface area contributed by atoms with E-state index < -0.39 is 11.6 Å². The summed E-state index contributed by atoms with van der Waals surface area (Å²) in [4.78, 5) is 0. The first kappa shape index (κ1) is 13.2. The molecule has 0 spiro atoms. The van der Waals surface area contributed by atoms with Crippen LogP contribution in [0.5, 0.6) is 0 Å². The molecule has 0 saturated carbocycles. The number of nitrogens with two attached hydrogens (primary N) is 1. The summed E-state index contributed by atoms with van der Waals surface area (Å²) in [5.74, 6) is -1.37. The molecule has 106 valence electrons. The normalized spacial score (nSPS) is 10.8. The fourth-order valence-corrected chi connectivity index (χ4v) is 2.00. The Morgan fingerprint density at radius 2 is 1.67 bits per heavy atom. The lowest BCUT2D eigenvalue weighted by molar-refractivity contribution is 0.580. The molecular formula is C14H11F2N5. The van der Waals surface area contributed by atoms with Gasteiger partial charge in [-0.15, -0.1) is 5.10 Å². The number of nitrogens with zero attached hydrogens (tertiary/aromatic N) is 4. The van der Waals surface area contributed by atoms with E-state index in [0.717, 1.165) is 5.56 Å². The smallest absolute Gasteiger partial charge is 0.188 e. The van der Waals surface area contributed by atoms with Crippen LogP contribution in [0.2, 0.25) is 0 Å². The Balaban J connectivity index is 2.00. The SMILES string of the molecule is Nc1ccc(Cn2nnnc2-c2c(F)cccc2F)cc1. The van der Waals surface area contributed by atoms with Crippen LogP contribution < -0.4 is 5.73 Å². The van der Waals surface area contributed by atoms with Gasteiger partial charge in [0.05, 0.1) is 12.1 Å². The Morgan fingerprint density at radius 1 is 1.00 bits per heavy atom. The Kier molecular flexibility index (Phi) is 3.31. The maximum Gasteiger partial charge on any atom is 0.188 e. The Bertz CT molecular complexity index is 747. The van der Waals surface area contributed by atoms with E-state index >= 15 is 0 Å². The predicted molar refractivity (Wildman–Crippen MR) is 73.1 cm³/mol. The molecule has 0 bridgehead atoms. The van der Waals surface area contributed by atoms with Crippen LogP contribution in [0.4, 0.5) is 14.5 Å². The summed E-state index contributed by atoms with van der Waals surface area (Å²) in [6.45, 7) is 0.288. The number of rotatable bonds is 3. The third-order valence-electron chi connectivity index (χ3n) is 3.03. The van der Waals surface area contributed by atoms with Crippen LogP contribution in [0, 0.1) is 11.6 Å². The van der Waals surface area contributed by atoms with E-state index in [1.807, 2.05) is 0 Å². The van der Waals surface area contributed by atoms with Gasteiger partial charge in [0.25, 0.3) is 0 Å². The Labute approximate surface area is 119 Å². The number of tetrazole rings is 1. The molecule has 5 nitrogen and oxygen atoms in total. The van der Waals surface area contributed by atoms with Crippen LogP contribution in [-0.4, -0.2) is 20.2 Å². The van der Waals surface area contributed by atoms with Crippen LogP contribution in [-0.2, 0) is 6.54 Å². The molecular weight excluding hydrogens is 276 g/mol. The molecule has 0 fully saturated rings. The molecule has 3 aromatic rings. The highest BCUT2D eigenvalue weighted by Crippen LogP contribution is 2.23. The maximum absolute atomic E-state index is 13.8. The number of halogens is 2. The molecule has 0 radical (unpaired) electrons. The molecule has 0 amide bonds. The quantitative estimate of drug-likeness (QED) is 0.750. The van der Waals surface area contributed by atoms with Gasteiger partial charge in [0.15, 0.2) is 5.82 Å². The minimum Gasteiger partial charge on any atom is -0.399 e. The van der Waals surface area contributed by atoms with E-state index in [0.29, 0.717) is 5.69 Å². The van der Waals surface area contributed by atoms with E-state index in [1.165, 1.54) is 22.9 Å². The van der Waals surface area contributed by atoms with Gasteiger partial charge >= 0.3 is 0 Å². The average molecular weight is 287 g/mol. The average Bonchev–Trinajstić information content (AvgIpc) is 2.89. The van der Waals surface area contributed by atoms with Crippen molar-refractivity contribution in [2.75, 3.05) is 5.73 Å². The van der Waals surface area contributed by atoms with Gasteiger partial charge in [-0.25, -0.2) is 13.5 Å². The Hall–Kier alpha value is -2.83. The molecule has 0 unspecified atom stereocenters. The van der Waals surface area contributed by atoms with Gasteiger partial charge in [0.1, 0.15) is 11.6 Å². The second-order valence-electron chi connectivity index (χ2n) is 4.50. The van der Waals surface area contributed by atoms with Crippen molar-refractivity contribution in [3.8, 4) is 11.4 Å². The lowest BCUT2D eigenvalue weighted by atomic mass is 10.1. The second-order valence-corrected chi connectivity index (χ2v) is 4.50. The van der Waals surface area contributed by atoms with Crippen molar-refractivity contribution >= 4 is 5.69 Å². The molecule has 0 aliphatic carbocycles. The van der Waals surface area contributed by atoms with Crippen molar-refractivity contribution < 1.29 is 8.78 Å². The molecule has 2 aromatic carbocycles. The van der Waals surface area contributed by atoms with Gasteiger partial charge in [-0.1, -0.05) is 18.2 Å². The van der Waals surface area contributed by atoms with E-state index in [2.05, 4.69) is 15.5 Å². The fourth-order valence-electron chi connectivity index (χ4n) is 2.00. The van der Waals surface area contributed by atoms with Gasteiger partial charge < -0.3 is 5.73 Å². The third kappa shape index (κ3) is 2.58. The molecule has 7 heteroatoms. The largest absolute Gasteiger partial charge is 0.399 e. The summed E-state index contributed by atoms with van der Waals surface area (Å²) in [6, 6.07) is 10.7. The van der Waals surface area contributed by atoms with Gasteiger partial charge in [0, 0.05) is 5.69 Å². The molecule has 1 aromatic heterocycles. The van der Waals surface area contributed by atoms with Crippen LogP contribution in [0.1, 0.15) is 5.56 Å².